The van der Waals surface area contributed by atoms with Gasteiger partial charge in [-0.25, -0.2) is 0 Å². The first-order chi connectivity index (χ1) is 19.9. The fourth-order valence-corrected chi connectivity index (χ4v) is 6.30. The van der Waals surface area contributed by atoms with Crippen molar-refractivity contribution in [1.82, 2.24) is 19.8 Å². The van der Waals surface area contributed by atoms with E-state index in [4.69, 9.17) is 26.7 Å². The van der Waals surface area contributed by atoms with Crippen LogP contribution in [0.1, 0.15) is 46.7 Å². The number of benzene rings is 1. The van der Waals surface area contributed by atoms with Gasteiger partial charge in [-0.2, -0.15) is 0 Å². The number of carbonyl (C=O) groups excluding carboxylic acids is 1. The van der Waals surface area contributed by atoms with Gasteiger partial charge in [0.25, 0.3) is 0 Å². The lowest BCUT2D eigenvalue weighted by Gasteiger charge is -2.29. The molecule has 9 nitrogen and oxygen atoms in total. The Kier molecular flexibility index (Phi) is 9.34. The van der Waals surface area contributed by atoms with Crippen molar-refractivity contribution in [1.29, 1.82) is 0 Å². The zero-order valence-corrected chi connectivity index (χ0v) is 25.2. The van der Waals surface area contributed by atoms with E-state index in [-0.39, 0.29) is 24.6 Å². The second-order valence-electron chi connectivity index (χ2n) is 10.8. The molecule has 0 aliphatic carbocycles. The lowest BCUT2D eigenvalue weighted by Crippen LogP contribution is -2.37. The molecule has 0 saturated carbocycles. The fraction of sp³-hybridized carbons (Fsp3) is 0.452. The van der Waals surface area contributed by atoms with Crippen LogP contribution in [0.3, 0.4) is 0 Å². The number of hydrogen-bond donors (Lipinski definition) is 2. The molecule has 1 amide bonds. The number of nitrogens with one attached hydrogen (secondary N) is 2. The van der Waals surface area contributed by atoms with Gasteiger partial charge in [0, 0.05) is 62.2 Å². The number of aryl methyl sites for hydroxylation is 2. The summed E-state index contributed by atoms with van der Waals surface area (Å²) in [5.74, 6) is -0.184. The minimum absolute atomic E-state index is 0.0111. The van der Waals surface area contributed by atoms with Crippen LogP contribution in [0.15, 0.2) is 48.7 Å². The SMILES string of the molecule is COCC(=O)Nc1ccc(N2C(=S)N[C@H](c3ccccn3)[C@H]2c2cc(C)n(CCCN3CCOCC3)c2C)cc1C. The number of methoxy groups -OCH3 is 1. The summed E-state index contributed by atoms with van der Waals surface area (Å²) in [5, 5.41) is 7.15. The first kappa shape index (κ1) is 29.2. The molecule has 41 heavy (non-hydrogen) atoms. The lowest BCUT2D eigenvalue weighted by molar-refractivity contribution is -0.119. The number of morpholine rings is 1. The highest BCUT2D eigenvalue weighted by Crippen LogP contribution is 2.44. The molecule has 5 rings (SSSR count). The second kappa shape index (κ2) is 13.1. The molecule has 2 saturated heterocycles. The number of aromatic nitrogens is 2. The van der Waals surface area contributed by atoms with E-state index >= 15 is 0 Å². The van der Waals surface area contributed by atoms with Crippen molar-refractivity contribution in [2.45, 2.75) is 45.8 Å². The van der Waals surface area contributed by atoms with E-state index in [9.17, 15) is 4.79 Å². The fourth-order valence-electron chi connectivity index (χ4n) is 5.95. The predicted molar refractivity (Wildman–Crippen MR) is 165 cm³/mol. The highest BCUT2D eigenvalue weighted by atomic mass is 32.1. The van der Waals surface area contributed by atoms with Crippen molar-refractivity contribution in [2.75, 3.05) is 56.8 Å². The van der Waals surface area contributed by atoms with E-state index in [1.807, 2.05) is 37.4 Å². The Morgan fingerprint density at radius 2 is 1.95 bits per heavy atom. The van der Waals surface area contributed by atoms with Gasteiger partial charge in [-0.1, -0.05) is 6.07 Å². The number of anilines is 2. The zero-order chi connectivity index (χ0) is 28.9. The topological polar surface area (TPSA) is 83.9 Å². The van der Waals surface area contributed by atoms with E-state index in [2.05, 4.69) is 57.0 Å². The van der Waals surface area contributed by atoms with E-state index in [0.29, 0.717) is 5.11 Å². The number of amides is 1. The molecule has 4 heterocycles. The van der Waals surface area contributed by atoms with Crippen LogP contribution in [-0.2, 0) is 20.8 Å². The summed E-state index contributed by atoms with van der Waals surface area (Å²) in [6, 6.07) is 14.1. The summed E-state index contributed by atoms with van der Waals surface area (Å²) in [5.41, 5.74) is 7.32. The number of thiocarbonyl (C=S) groups is 1. The summed E-state index contributed by atoms with van der Waals surface area (Å²) < 4.78 is 12.9. The summed E-state index contributed by atoms with van der Waals surface area (Å²) in [7, 11) is 1.51. The van der Waals surface area contributed by atoms with E-state index in [1.165, 1.54) is 24.1 Å². The zero-order valence-electron chi connectivity index (χ0n) is 24.4. The molecule has 2 aliphatic rings. The Morgan fingerprint density at radius 1 is 1.15 bits per heavy atom. The maximum absolute atomic E-state index is 12.1. The Balaban J connectivity index is 1.46. The van der Waals surface area contributed by atoms with Gasteiger partial charge in [-0.05, 0) is 86.9 Å². The summed E-state index contributed by atoms with van der Waals surface area (Å²) >= 11 is 5.96. The van der Waals surface area contributed by atoms with Gasteiger partial charge >= 0.3 is 0 Å². The van der Waals surface area contributed by atoms with Crippen LogP contribution in [0, 0.1) is 20.8 Å². The highest BCUT2D eigenvalue weighted by molar-refractivity contribution is 7.80. The van der Waals surface area contributed by atoms with E-state index < -0.39 is 0 Å². The van der Waals surface area contributed by atoms with Crippen LogP contribution >= 0.6 is 12.2 Å². The third kappa shape index (κ3) is 6.46. The van der Waals surface area contributed by atoms with Crippen molar-refractivity contribution in [3.63, 3.8) is 0 Å². The molecule has 2 fully saturated rings. The van der Waals surface area contributed by atoms with Gasteiger partial charge in [-0.15, -0.1) is 0 Å². The molecule has 0 spiro atoms. The molecule has 218 valence electrons. The smallest absolute Gasteiger partial charge is 0.250 e. The molecule has 1 aromatic carbocycles. The number of ether oxygens (including phenoxy) is 2. The molecule has 2 N–H and O–H groups in total. The van der Waals surface area contributed by atoms with Crippen molar-refractivity contribution in [2.24, 2.45) is 0 Å². The largest absolute Gasteiger partial charge is 0.379 e. The molecule has 10 heteroatoms. The molecular formula is C31H40N6O3S. The third-order valence-electron chi connectivity index (χ3n) is 8.03. The molecule has 2 aliphatic heterocycles. The molecule has 2 atom stereocenters. The van der Waals surface area contributed by atoms with Crippen LogP contribution in [0.4, 0.5) is 11.4 Å². The number of pyridine rings is 1. The van der Waals surface area contributed by atoms with Crippen LogP contribution in [-0.4, -0.2) is 72.0 Å². The minimum Gasteiger partial charge on any atom is -0.379 e. The van der Waals surface area contributed by atoms with Crippen LogP contribution < -0.4 is 15.5 Å². The number of hydrogen-bond acceptors (Lipinski definition) is 6. The molecule has 0 bridgehead atoms. The van der Waals surface area contributed by atoms with E-state index in [0.717, 1.165) is 68.4 Å². The molecule has 0 unspecified atom stereocenters. The van der Waals surface area contributed by atoms with Crippen LogP contribution in [0.25, 0.3) is 0 Å². The number of carbonyl (C=O) groups is 1. The number of nitrogens with zero attached hydrogens (tertiary/aromatic N) is 4. The van der Waals surface area contributed by atoms with Gasteiger partial charge in [0.05, 0.1) is 31.0 Å². The third-order valence-corrected chi connectivity index (χ3v) is 8.34. The summed E-state index contributed by atoms with van der Waals surface area (Å²) in [6.45, 7) is 12.1. The molecule has 3 aromatic rings. The Morgan fingerprint density at radius 3 is 2.66 bits per heavy atom. The monoisotopic (exact) mass is 576 g/mol. The normalized spacial score (nSPS) is 19.4. The summed E-state index contributed by atoms with van der Waals surface area (Å²) in [4.78, 5) is 21.5. The first-order valence-electron chi connectivity index (χ1n) is 14.2. The van der Waals surface area contributed by atoms with Crippen LogP contribution in [0.2, 0.25) is 0 Å². The maximum atomic E-state index is 12.1. The average Bonchev–Trinajstić information content (AvgIpc) is 3.46. The molecular weight excluding hydrogens is 536 g/mol. The molecule has 0 radical (unpaired) electrons. The van der Waals surface area contributed by atoms with Gasteiger partial charge in [0.2, 0.25) is 5.91 Å². The Hall–Kier alpha value is -3.31. The molecule has 2 aromatic heterocycles. The van der Waals surface area contributed by atoms with E-state index in [1.54, 1.807) is 0 Å². The predicted octanol–water partition coefficient (Wildman–Crippen LogP) is 4.29. The quantitative estimate of drug-likeness (QED) is 0.346. The second-order valence-corrected chi connectivity index (χ2v) is 11.1. The van der Waals surface area contributed by atoms with Gasteiger partial charge in [0.15, 0.2) is 5.11 Å². The Labute approximate surface area is 247 Å². The lowest BCUT2D eigenvalue weighted by atomic mass is 9.96. The Bertz CT molecular complexity index is 1370. The number of rotatable bonds is 10. The maximum Gasteiger partial charge on any atom is 0.250 e. The van der Waals surface area contributed by atoms with Gasteiger partial charge in [0.1, 0.15) is 6.61 Å². The minimum atomic E-state index is -0.184. The van der Waals surface area contributed by atoms with Crippen molar-refractivity contribution in [3.8, 4) is 0 Å². The van der Waals surface area contributed by atoms with Gasteiger partial charge < -0.3 is 29.6 Å². The summed E-state index contributed by atoms with van der Waals surface area (Å²) in [6.07, 6.45) is 2.91. The van der Waals surface area contributed by atoms with Crippen molar-refractivity contribution < 1.29 is 14.3 Å². The highest BCUT2D eigenvalue weighted by Gasteiger charge is 2.42. The van der Waals surface area contributed by atoms with Gasteiger partial charge in [-0.3, -0.25) is 14.7 Å². The van der Waals surface area contributed by atoms with Crippen molar-refractivity contribution >= 4 is 34.6 Å². The van der Waals surface area contributed by atoms with Crippen LogP contribution in [0.5, 0.6) is 0 Å². The standard InChI is InChI=1S/C31H40N6O3S/c1-21-18-24(9-10-26(21)33-28(38)20-39-4)37-30(29(34-31(37)41)27-8-5-6-11-32-27)25-19-22(2)36(23(25)3)13-7-12-35-14-16-40-17-15-35/h5-6,8-11,18-19,29-30H,7,12-17,20H2,1-4H3,(H,33,38)(H,34,41)/t29-,30-/m1/s1. The first-order valence-corrected chi connectivity index (χ1v) is 14.6. The average molecular weight is 577 g/mol. The van der Waals surface area contributed by atoms with Crippen molar-refractivity contribution in [3.05, 3.63) is 76.9 Å².